The number of carboxylic acids is 1. The average Bonchev–Trinajstić information content (AvgIpc) is 3.72. The monoisotopic (exact) mass is 712 g/mol. The van der Waals surface area contributed by atoms with Crippen molar-refractivity contribution in [2.75, 3.05) is 6.54 Å². The third kappa shape index (κ3) is 6.25. The molecule has 11 rings (SSSR count). The molecule has 8 nitrogen and oxygen atoms in total. The van der Waals surface area contributed by atoms with Crippen LogP contribution in [-0.4, -0.2) is 69.4 Å². The van der Waals surface area contributed by atoms with Crippen LogP contribution >= 0.6 is 0 Å². The van der Waals surface area contributed by atoms with Gasteiger partial charge in [0.05, 0.1) is 24.3 Å². The van der Waals surface area contributed by atoms with Crippen molar-refractivity contribution in [1.82, 2.24) is 16.0 Å². The fraction of sp³-hybridized carbons (Fsp3) is 0.750. The lowest BCUT2D eigenvalue weighted by Crippen LogP contribution is -2.63. The number of aliphatic carboxylic acids is 1. The van der Waals surface area contributed by atoms with Gasteiger partial charge in [0, 0.05) is 36.1 Å². The third-order valence-corrected chi connectivity index (χ3v) is 16.2. The first-order valence-corrected chi connectivity index (χ1v) is 21.1. The van der Waals surface area contributed by atoms with E-state index in [1.165, 1.54) is 56.1 Å². The van der Waals surface area contributed by atoms with Gasteiger partial charge in [0.15, 0.2) is 0 Å². The zero-order valence-electron chi connectivity index (χ0n) is 31.6. The number of nitrogens with one attached hydrogen (secondary N) is 3. The Morgan fingerprint density at radius 1 is 1.02 bits per heavy atom. The van der Waals surface area contributed by atoms with E-state index in [0.717, 1.165) is 44.9 Å². The standard InChI is InChI=1S/C44H64N4O4/c1-25-37(49)13-12-36(47-25)27-8-9-30-33(19-27)40-28-6-3-5-26(17-28)18-29-20-42(2,22-38(45)48-29)46-24-44(52,23-39(50)51)16-15-43-14-4-7-35(43)31-10-11-32(40)41(31)34(30)21-43/h3,5-6,10,17,25,27,29-30,33-38,40,46-49,52H,4,7-9,11-16,18-24,45H2,1-2H3,(H,50,51). The molecule has 5 aliphatic carbocycles. The molecule has 5 aliphatic heterocycles. The van der Waals surface area contributed by atoms with Gasteiger partial charge < -0.3 is 31.7 Å². The number of carbonyl (C=O) groups is 1. The summed E-state index contributed by atoms with van der Waals surface area (Å²) in [5.74, 6) is 2.41. The van der Waals surface area contributed by atoms with Crippen molar-refractivity contribution in [3.8, 4) is 0 Å². The summed E-state index contributed by atoms with van der Waals surface area (Å²) in [6.07, 6.45) is 17.4. The van der Waals surface area contributed by atoms with Gasteiger partial charge in [-0.25, -0.2) is 0 Å². The summed E-state index contributed by atoms with van der Waals surface area (Å²) < 4.78 is 0. The highest BCUT2D eigenvalue weighted by atomic mass is 16.4. The van der Waals surface area contributed by atoms with Crippen molar-refractivity contribution in [2.24, 2.45) is 40.7 Å². The molecule has 0 aromatic heterocycles. The van der Waals surface area contributed by atoms with Crippen molar-refractivity contribution in [3.63, 3.8) is 0 Å². The molecule has 0 radical (unpaired) electrons. The van der Waals surface area contributed by atoms with Gasteiger partial charge in [-0.1, -0.05) is 42.3 Å². The van der Waals surface area contributed by atoms with E-state index in [1.807, 2.05) is 0 Å². The van der Waals surface area contributed by atoms with Crippen LogP contribution in [0.1, 0.15) is 127 Å². The zero-order valence-corrected chi connectivity index (χ0v) is 31.6. The molecule has 52 heavy (non-hydrogen) atoms. The maximum absolute atomic E-state index is 12.3. The van der Waals surface area contributed by atoms with Crippen LogP contribution in [0.15, 0.2) is 47.1 Å². The van der Waals surface area contributed by atoms with E-state index < -0.39 is 11.6 Å². The SMILES string of the molecule is CC1NC(C2CCC3C4CC56CCCC5C5=CCC(=C54)C(c4cccc(c4)CC4CC(C)(CC(N)N4)NCC(O)(CC(=O)O)CC6)C3C2)CCC1O. The molecule has 3 saturated carbocycles. The smallest absolute Gasteiger partial charge is 0.306 e. The Morgan fingerprint density at radius 2 is 1.88 bits per heavy atom. The molecule has 2 saturated heterocycles. The molecule has 5 fully saturated rings. The summed E-state index contributed by atoms with van der Waals surface area (Å²) >= 11 is 0. The molecule has 1 aromatic carbocycles. The molecule has 8 heteroatoms. The van der Waals surface area contributed by atoms with Crippen molar-refractivity contribution in [1.29, 1.82) is 0 Å². The van der Waals surface area contributed by atoms with E-state index in [2.05, 4.69) is 60.1 Å². The Kier molecular flexibility index (Phi) is 9.11. The van der Waals surface area contributed by atoms with Crippen molar-refractivity contribution >= 4 is 5.97 Å². The molecule has 14 atom stereocenters. The highest BCUT2D eigenvalue weighted by molar-refractivity contribution is 5.68. The van der Waals surface area contributed by atoms with Gasteiger partial charge in [-0.15, -0.1) is 0 Å². The molecule has 0 amide bonds. The molecule has 1 spiro atoms. The molecule has 1 aromatic rings. The van der Waals surface area contributed by atoms with E-state index in [0.29, 0.717) is 48.0 Å². The minimum Gasteiger partial charge on any atom is -0.481 e. The summed E-state index contributed by atoms with van der Waals surface area (Å²) in [7, 11) is 0. The lowest BCUT2D eigenvalue weighted by atomic mass is 9.48. The number of hydrogen-bond acceptors (Lipinski definition) is 7. The Morgan fingerprint density at radius 3 is 2.71 bits per heavy atom. The largest absolute Gasteiger partial charge is 0.481 e. The number of hydrogen-bond donors (Lipinski definition) is 7. The van der Waals surface area contributed by atoms with Gasteiger partial charge in [-0.3, -0.25) is 10.1 Å². The van der Waals surface area contributed by atoms with Gasteiger partial charge in [-0.05, 0) is 161 Å². The number of allylic oxidation sites excluding steroid dienone is 4. The normalized spacial score (nSPS) is 47.3. The fourth-order valence-corrected chi connectivity index (χ4v) is 14.0. The van der Waals surface area contributed by atoms with Crippen LogP contribution in [0, 0.1) is 35.0 Å². The first kappa shape index (κ1) is 35.6. The molecule has 5 heterocycles. The summed E-state index contributed by atoms with van der Waals surface area (Å²) in [5.41, 5.74) is 13.1. The number of nitrogens with two attached hydrogens (primary N) is 1. The predicted octanol–water partition coefficient (Wildman–Crippen LogP) is 5.68. The maximum Gasteiger partial charge on any atom is 0.306 e. The van der Waals surface area contributed by atoms with Crippen LogP contribution in [0.5, 0.6) is 0 Å². The second-order valence-electron chi connectivity index (χ2n) is 19.5. The molecule has 284 valence electrons. The minimum absolute atomic E-state index is 0.115. The number of aliphatic hydroxyl groups excluding tert-OH is 1. The van der Waals surface area contributed by atoms with Crippen LogP contribution in [0.4, 0.5) is 0 Å². The summed E-state index contributed by atoms with van der Waals surface area (Å²) in [6, 6.07) is 10.4. The Labute approximate surface area is 310 Å². The fourth-order valence-electron chi connectivity index (χ4n) is 14.0. The van der Waals surface area contributed by atoms with Crippen molar-refractivity contribution in [2.45, 2.75) is 164 Å². The molecule has 10 bridgehead atoms. The first-order chi connectivity index (χ1) is 24.9. The highest BCUT2D eigenvalue weighted by Crippen LogP contribution is 2.69. The molecular formula is C44H64N4O4. The van der Waals surface area contributed by atoms with Crippen molar-refractivity contribution in [3.05, 3.63) is 58.2 Å². The molecule has 14 unspecified atom stereocenters. The topological polar surface area (TPSA) is 140 Å². The zero-order chi connectivity index (χ0) is 36.0. The van der Waals surface area contributed by atoms with Gasteiger partial charge in [0.25, 0.3) is 0 Å². The number of carboxylic acid groups (broad SMARTS) is 1. The second-order valence-corrected chi connectivity index (χ2v) is 19.5. The minimum atomic E-state index is -1.32. The summed E-state index contributed by atoms with van der Waals surface area (Å²) in [6.45, 7) is 4.64. The number of piperidine rings is 2. The number of benzene rings is 1. The second kappa shape index (κ2) is 13.3. The third-order valence-electron chi connectivity index (χ3n) is 16.2. The van der Waals surface area contributed by atoms with Crippen LogP contribution < -0.4 is 21.7 Å². The number of rotatable bonds is 3. The quantitative estimate of drug-likeness (QED) is 0.213. The predicted molar refractivity (Wildman–Crippen MR) is 203 cm³/mol. The van der Waals surface area contributed by atoms with Gasteiger partial charge in [-0.2, -0.15) is 0 Å². The van der Waals surface area contributed by atoms with Gasteiger partial charge >= 0.3 is 5.97 Å². The molecule has 8 N–H and O–H groups in total. The molecule has 10 aliphatic rings. The maximum atomic E-state index is 12.3. The summed E-state index contributed by atoms with van der Waals surface area (Å²) in [4.78, 5) is 12.3. The Hall–Kier alpha value is -2.07. The van der Waals surface area contributed by atoms with E-state index >= 15 is 0 Å². The number of β-amino-alcohol motifs (C(OH)–C–C–N with tert-alkyl or cyclic N) is 1. The lowest BCUT2D eigenvalue weighted by molar-refractivity contribution is -0.143. The van der Waals surface area contributed by atoms with E-state index in [-0.39, 0.29) is 48.3 Å². The first-order valence-electron chi connectivity index (χ1n) is 21.1. The van der Waals surface area contributed by atoms with Crippen LogP contribution in [-0.2, 0) is 11.2 Å². The Bertz CT molecular complexity index is 1630. The van der Waals surface area contributed by atoms with E-state index in [4.69, 9.17) is 5.73 Å². The van der Waals surface area contributed by atoms with Crippen LogP contribution in [0.3, 0.4) is 0 Å². The van der Waals surface area contributed by atoms with E-state index in [1.54, 1.807) is 16.7 Å². The highest BCUT2D eigenvalue weighted by Gasteiger charge is 2.59. The molecular weight excluding hydrogens is 649 g/mol. The lowest BCUT2D eigenvalue weighted by Gasteiger charge is -2.56. The van der Waals surface area contributed by atoms with Gasteiger partial charge in [0.2, 0.25) is 0 Å². The van der Waals surface area contributed by atoms with Crippen LogP contribution in [0.25, 0.3) is 0 Å². The Balaban J connectivity index is 1.14. The van der Waals surface area contributed by atoms with Gasteiger partial charge in [0.1, 0.15) is 0 Å². The van der Waals surface area contributed by atoms with E-state index in [9.17, 15) is 20.1 Å². The van der Waals surface area contributed by atoms with Crippen LogP contribution in [0.2, 0.25) is 0 Å². The summed E-state index contributed by atoms with van der Waals surface area (Å²) in [5, 5.41) is 44.2. The number of aliphatic hydroxyl groups is 2. The average molecular weight is 713 g/mol. The van der Waals surface area contributed by atoms with Crippen molar-refractivity contribution < 1.29 is 20.1 Å².